The highest BCUT2D eigenvalue weighted by atomic mass is 35.5. The molecule has 0 aliphatic carbocycles. The minimum atomic E-state index is 0.327. The molecule has 3 heterocycles. The van der Waals surface area contributed by atoms with Crippen LogP contribution in [0.5, 0.6) is 0 Å². The van der Waals surface area contributed by atoms with Gasteiger partial charge in [0, 0.05) is 58.1 Å². The standard InChI is InChI=1S/C19H30ClN5O2/c1-21-19(23-8-3-10-26-13-15-6-11-27-14-15)24-16-5-9-25(12-16)18-17(20)4-2-7-22-18/h2,4,7,15-16H,3,5-6,8-14H2,1H3,(H2,21,23,24). The monoisotopic (exact) mass is 395 g/mol. The lowest BCUT2D eigenvalue weighted by Gasteiger charge is -2.20. The number of pyridine rings is 1. The molecule has 150 valence electrons. The van der Waals surface area contributed by atoms with Crippen molar-refractivity contribution in [1.29, 1.82) is 0 Å². The van der Waals surface area contributed by atoms with E-state index in [1.165, 1.54) is 0 Å². The Morgan fingerprint density at radius 2 is 2.41 bits per heavy atom. The second-order valence-corrected chi connectivity index (χ2v) is 7.45. The predicted molar refractivity (Wildman–Crippen MR) is 109 cm³/mol. The summed E-state index contributed by atoms with van der Waals surface area (Å²) in [6.07, 6.45) is 4.88. The highest BCUT2D eigenvalue weighted by Crippen LogP contribution is 2.25. The van der Waals surface area contributed by atoms with Crippen LogP contribution >= 0.6 is 11.6 Å². The number of ether oxygens (including phenoxy) is 2. The van der Waals surface area contributed by atoms with Gasteiger partial charge in [-0.25, -0.2) is 4.98 Å². The molecular weight excluding hydrogens is 366 g/mol. The molecule has 2 unspecified atom stereocenters. The Morgan fingerprint density at radius 3 is 3.19 bits per heavy atom. The van der Waals surface area contributed by atoms with Crippen LogP contribution in [0, 0.1) is 5.92 Å². The maximum absolute atomic E-state index is 6.26. The van der Waals surface area contributed by atoms with Crippen LogP contribution in [0.25, 0.3) is 0 Å². The summed E-state index contributed by atoms with van der Waals surface area (Å²) in [5.41, 5.74) is 0. The highest BCUT2D eigenvalue weighted by Gasteiger charge is 2.25. The SMILES string of the molecule is CN=C(NCCCOCC1CCOC1)NC1CCN(c2ncccc2Cl)C1. The van der Waals surface area contributed by atoms with E-state index in [-0.39, 0.29) is 0 Å². The number of nitrogens with one attached hydrogen (secondary N) is 2. The number of hydrogen-bond acceptors (Lipinski definition) is 5. The van der Waals surface area contributed by atoms with Crippen molar-refractivity contribution in [2.75, 3.05) is 58.0 Å². The first-order chi connectivity index (χ1) is 13.3. The molecule has 2 atom stereocenters. The Labute approximate surface area is 166 Å². The third-order valence-electron chi connectivity index (χ3n) is 4.93. The molecule has 0 radical (unpaired) electrons. The van der Waals surface area contributed by atoms with E-state index in [1.54, 1.807) is 13.2 Å². The van der Waals surface area contributed by atoms with Crippen molar-refractivity contribution in [1.82, 2.24) is 15.6 Å². The van der Waals surface area contributed by atoms with Crippen LogP contribution in [-0.4, -0.2) is 70.1 Å². The van der Waals surface area contributed by atoms with Gasteiger partial charge in [-0.1, -0.05) is 11.6 Å². The first-order valence-corrected chi connectivity index (χ1v) is 10.1. The fourth-order valence-electron chi connectivity index (χ4n) is 3.41. The summed E-state index contributed by atoms with van der Waals surface area (Å²) < 4.78 is 11.1. The highest BCUT2D eigenvalue weighted by molar-refractivity contribution is 6.32. The van der Waals surface area contributed by atoms with E-state index in [2.05, 4.69) is 25.5 Å². The molecule has 0 aromatic carbocycles. The molecule has 2 aliphatic rings. The molecule has 2 fully saturated rings. The normalized spacial score (nSPS) is 23.0. The van der Waals surface area contributed by atoms with Gasteiger partial charge < -0.3 is 25.0 Å². The second kappa shape index (κ2) is 10.7. The molecule has 7 nitrogen and oxygen atoms in total. The second-order valence-electron chi connectivity index (χ2n) is 7.04. The van der Waals surface area contributed by atoms with E-state index in [0.29, 0.717) is 17.0 Å². The topological polar surface area (TPSA) is 71.0 Å². The van der Waals surface area contributed by atoms with E-state index in [1.807, 2.05) is 12.1 Å². The van der Waals surface area contributed by atoms with E-state index < -0.39 is 0 Å². The van der Waals surface area contributed by atoms with Crippen molar-refractivity contribution in [2.45, 2.75) is 25.3 Å². The predicted octanol–water partition coefficient (Wildman–Crippen LogP) is 1.92. The molecule has 1 aromatic heterocycles. The summed E-state index contributed by atoms with van der Waals surface area (Å²) in [4.78, 5) is 10.9. The Balaban J connectivity index is 1.31. The number of halogens is 1. The number of hydrogen-bond donors (Lipinski definition) is 2. The lowest BCUT2D eigenvalue weighted by molar-refractivity contribution is 0.0888. The molecular formula is C19H30ClN5O2. The minimum Gasteiger partial charge on any atom is -0.381 e. The molecule has 8 heteroatoms. The summed E-state index contributed by atoms with van der Waals surface area (Å²) in [5, 5.41) is 7.55. The van der Waals surface area contributed by atoms with Crippen LogP contribution in [0.3, 0.4) is 0 Å². The van der Waals surface area contributed by atoms with Crippen molar-refractivity contribution in [3.63, 3.8) is 0 Å². The fraction of sp³-hybridized carbons (Fsp3) is 0.684. The quantitative estimate of drug-likeness (QED) is 0.398. The first-order valence-electron chi connectivity index (χ1n) is 9.74. The maximum Gasteiger partial charge on any atom is 0.191 e. The van der Waals surface area contributed by atoms with Crippen LogP contribution in [0.2, 0.25) is 5.02 Å². The minimum absolute atomic E-state index is 0.327. The van der Waals surface area contributed by atoms with Crippen LogP contribution < -0.4 is 15.5 Å². The third-order valence-corrected chi connectivity index (χ3v) is 5.22. The average molecular weight is 396 g/mol. The van der Waals surface area contributed by atoms with Crippen molar-refractivity contribution in [3.8, 4) is 0 Å². The van der Waals surface area contributed by atoms with Gasteiger partial charge in [0.2, 0.25) is 0 Å². The number of aliphatic imine (C=N–C) groups is 1. The Bertz CT molecular complexity index is 610. The molecule has 2 N–H and O–H groups in total. The van der Waals surface area contributed by atoms with Crippen LogP contribution in [0.1, 0.15) is 19.3 Å². The fourth-order valence-corrected chi connectivity index (χ4v) is 3.66. The van der Waals surface area contributed by atoms with Gasteiger partial charge in [-0.2, -0.15) is 0 Å². The summed E-state index contributed by atoms with van der Waals surface area (Å²) in [6, 6.07) is 4.06. The number of guanidine groups is 1. The summed E-state index contributed by atoms with van der Waals surface area (Å²) in [7, 11) is 1.80. The Kier molecular flexibility index (Phi) is 7.98. The summed E-state index contributed by atoms with van der Waals surface area (Å²) in [6.45, 7) is 5.92. The molecule has 0 bridgehead atoms. The molecule has 2 saturated heterocycles. The lowest BCUT2D eigenvalue weighted by Crippen LogP contribution is -2.45. The van der Waals surface area contributed by atoms with Crippen molar-refractivity contribution >= 4 is 23.4 Å². The molecule has 0 amide bonds. The van der Waals surface area contributed by atoms with E-state index >= 15 is 0 Å². The van der Waals surface area contributed by atoms with Gasteiger partial charge in [-0.3, -0.25) is 4.99 Å². The van der Waals surface area contributed by atoms with E-state index in [4.69, 9.17) is 21.1 Å². The Hall–Kier alpha value is -1.57. The van der Waals surface area contributed by atoms with Gasteiger partial charge in [0.25, 0.3) is 0 Å². The first kappa shape index (κ1) is 20.2. The summed E-state index contributed by atoms with van der Waals surface area (Å²) in [5.74, 6) is 2.26. The zero-order valence-electron chi connectivity index (χ0n) is 16.0. The molecule has 0 saturated carbocycles. The average Bonchev–Trinajstić information content (AvgIpc) is 3.36. The lowest BCUT2D eigenvalue weighted by atomic mass is 10.1. The van der Waals surface area contributed by atoms with Gasteiger partial charge in [0.15, 0.2) is 5.96 Å². The van der Waals surface area contributed by atoms with Crippen molar-refractivity contribution in [3.05, 3.63) is 23.4 Å². The molecule has 2 aliphatic heterocycles. The molecule has 1 aromatic rings. The van der Waals surface area contributed by atoms with Gasteiger partial charge in [0.1, 0.15) is 5.82 Å². The largest absolute Gasteiger partial charge is 0.381 e. The van der Waals surface area contributed by atoms with Crippen molar-refractivity contribution < 1.29 is 9.47 Å². The zero-order valence-corrected chi connectivity index (χ0v) is 16.7. The van der Waals surface area contributed by atoms with Gasteiger partial charge in [0.05, 0.1) is 18.2 Å². The zero-order chi connectivity index (χ0) is 18.9. The number of rotatable bonds is 8. The number of anilines is 1. The van der Waals surface area contributed by atoms with Gasteiger partial charge >= 0.3 is 0 Å². The maximum atomic E-state index is 6.26. The number of aromatic nitrogens is 1. The van der Waals surface area contributed by atoms with E-state index in [0.717, 1.165) is 77.1 Å². The van der Waals surface area contributed by atoms with Gasteiger partial charge in [-0.15, -0.1) is 0 Å². The van der Waals surface area contributed by atoms with Crippen LogP contribution in [-0.2, 0) is 9.47 Å². The van der Waals surface area contributed by atoms with Gasteiger partial charge in [-0.05, 0) is 31.4 Å². The summed E-state index contributed by atoms with van der Waals surface area (Å²) >= 11 is 6.26. The smallest absolute Gasteiger partial charge is 0.191 e. The molecule has 0 spiro atoms. The molecule has 3 rings (SSSR count). The number of nitrogens with zero attached hydrogens (tertiary/aromatic N) is 3. The van der Waals surface area contributed by atoms with Crippen LogP contribution in [0.15, 0.2) is 23.3 Å². The Morgan fingerprint density at radius 1 is 1.48 bits per heavy atom. The molecule has 27 heavy (non-hydrogen) atoms. The van der Waals surface area contributed by atoms with Crippen molar-refractivity contribution in [2.24, 2.45) is 10.9 Å². The third kappa shape index (κ3) is 6.23. The van der Waals surface area contributed by atoms with Crippen LogP contribution in [0.4, 0.5) is 5.82 Å². The van der Waals surface area contributed by atoms with E-state index in [9.17, 15) is 0 Å².